The largest absolute Gasteiger partial charge is 0.296 e. The lowest BCUT2D eigenvalue weighted by Crippen LogP contribution is -2.48. The Morgan fingerprint density at radius 2 is 1.91 bits per heavy atom. The molecule has 0 aliphatic carbocycles. The number of hydrogen-bond acceptors (Lipinski definition) is 5. The molecule has 1 heterocycles. The summed E-state index contributed by atoms with van der Waals surface area (Å²) in [4.78, 5) is 34.9. The molecule has 0 fully saturated rings. The van der Waals surface area contributed by atoms with Crippen LogP contribution in [-0.2, 0) is 4.79 Å². The van der Waals surface area contributed by atoms with Gasteiger partial charge in [0.15, 0.2) is 5.78 Å². The van der Waals surface area contributed by atoms with E-state index < -0.39 is 34.6 Å². The molecule has 2 aromatic rings. The lowest BCUT2D eigenvalue weighted by Gasteiger charge is -2.28. The van der Waals surface area contributed by atoms with E-state index in [2.05, 4.69) is 0 Å². The molecule has 1 aromatic carbocycles. The molecule has 0 saturated heterocycles. The van der Waals surface area contributed by atoms with Crippen molar-refractivity contribution in [3.63, 3.8) is 0 Å². The number of Topliss-reactive ketones (excluding diaryl/α,β-unsaturated/α-hetero) is 2. The zero-order valence-corrected chi connectivity index (χ0v) is 13.1. The van der Waals surface area contributed by atoms with Crippen molar-refractivity contribution >= 4 is 22.9 Å². The number of carbonyl (C=O) groups is 2. The molecule has 2 rings (SSSR count). The minimum atomic E-state index is -2.97. The Balaban J connectivity index is 2.56. The van der Waals surface area contributed by atoms with Gasteiger partial charge in [-0.3, -0.25) is 19.7 Å². The van der Waals surface area contributed by atoms with E-state index >= 15 is 4.39 Å². The Kier molecular flexibility index (Phi) is 5.00. The van der Waals surface area contributed by atoms with E-state index in [-0.39, 0.29) is 10.4 Å². The van der Waals surface area contributed by atoms with Crippen LogP contribution in [0.25, 0.3) is 0 Å². The van der Waals surface area contributed by atoms with Crippen LogP contribution < -0.4 is 0 Å². The Labute approximate surface area is 135 Å². The van der Waals surface area contributed by atoms with Gasteiger partial charge in [-0.05, 0) is 23.9 Å². The highest BCUT2D eigenvalue weighted by Crippen LogP contribution is 2.37. The zero-order valence-electron chi connectivity index (χ0n) is 12.3. The van der Waals surface area contributed by atoms with Crippen LogP contribution in [0.3, 0.4) is 0 Å². The molecule has 0 aliphatic heterocycles. The zero-order chi connectivity index (χ0) is 17.0. The summed E-state index contributed by atoms with van der Waals surface area (Å²) in [6, 6.07) is 10.8. The first kappa shape index (κ1) is 17.0. The summed E-state index contributed by atoms with van der Waals surface area (Å²) in [5.74, 6) is -3.55. The van der Waals surface area contributed by atoms with Crippen LogP contribution in [-0.4, -0.2) is 28.7 Å². The summed E-state index contributed by atoms with van der Waals surface area (Å²) in [6.07, 6.45) is 0. The molecular formula is C16H14FNO4S. The van der Waals surface area contributed by atoms with Crippen molar-refractivity contribution in [1.29, 1.82) is 0 Å². The third-order valence-electron chi connectivity index (χ3n) is 3.60. The van der Waals surface area contributed by atoms with Gasteiger partial charge in [-0.1, -0.05) is 36.4 Å². The van der Waals surface area contributed by atoms with Crippen molar-refractivity contribution in [2.75, 3.05) is 6.54 Å². The summed E-state index contributed by atoms with van der Waals surface area (Å²) in [7, 11) is 0. The van der Waals surface area contributed by atoms with Crippen LogP contribution in [0.15, 0.2) is 47.8 Å². The fourth-order valence-electron chi connectivity index (χ4n) is 2.45. The Morgan fingerprint density at radius 1 is 1.26 bits per heavy atom. The molecule has 0 radical (unpaired) electrons. The topological polar surface area (TPSA) is 77.3 Å². The van der Waals surface area contributed by atoms with Crippen molar-refractivity contribution in [1.82, 2.24) is 0 Å². The van der Waals surface area contributed by atoms with Crippen molar-refractivity contribution in [3.05, 3.63) is 68.4 Å². The minimum Gasteiger partial charge on any atom is -0.296 e. The number of carbonyl (C=O) groups excluding carboxylic acids is 2. The summed E-state index contributed by atoms with van der Waals surface area (Å²) < 4.78 is 15.6. The van der Waals surface area contributed by atoms with E-state index in [1.807, 2.05) is 0 Å². The highest BCUT2D eigenvalue weighted by Gasteiger charge is 2.54. The van der Waals surface area contributed by atoms with Crippen LogP contribution in [0, 0.1) is 10.1 Å². The van der Waals surface area contributed by atoms with E-state index in [1.165, 1.54) is 18.2 Å². The fourth-order valence-corrected chi connectivity index (χ4v) is 3.16. The number of rotatable bonds is 7. The molecule has 1 aromatic heterocycles. The van der Waals surface area contributed by atoms with Gasteiger partial charge in [0.2, 0.25) is 18.0 Å². The predicted octanol–water partition coefficient (Wildman–Crippen LogP) is 3.29. The number of thiophene rings is 1. The lowest BCUT2D eigenvalue weighted by atomic mass is 9.77. The second-order valence-electron chi connectivity index (χ2n) is 5.05. The van der Waals surface area contributed by atoms with Gasteiger partial charge in [0.25, 0.3) is 0 Å². The van der Waals surface area contributed by atoms with E-state index in [4.69, 9.17) is 0 Å². The molecule has 0 bridgehead atoms. The van der Waals surface area contributed by atoms with Crippen LogP contribution in [0.5, 0.6) is 0 Å². The van der Waals surface area contributed by atoms with Crippen LogP contribution in [0.4, 0.5) is 4.39 Å². The Bertz CT molecular complexity index is 717. The van der Waals surface area contributed by atoms with E-state index in [0.717, 1.165) is 18.3 Å². The van der Waals surface area contributed by atoms with Gasteiger partial charge in [0.1, 0.15) is 0 Å². The van der Waals surface area contributed by atoms with Gasteiger partial charge in [-0.2, -0.15) is 0 Å². The number of benzene rings is 1. The first-order chi connectivity index (χ1) is 10.9. The average molecular weight is 335 g/mol. The molecule has 120 valence electrons. The smallest absolute Gasteiger partial charge is 0.244 e. The van der Waals surface area contributed by atoms with E-state index in [0.29, 0.717) is 0 Å². The maximum atomic E-state index is 15.6. The molecule has 23 heavy (non-hydrogen) atoms. The number of nitro groups is 1. The van der Waals surface area contributed by atoms with Gasteiger partial charge in [-0.25, -0.2) is 4.39 Å². The van der Waals surface area contributed by atoms with Gasteiger partial charge in [-0.15, -0.1) is 11.3 Å². The lowest BCUT2D eigenvalue weighted by molar-refractivity contribution is -0.485. The van der Waals surface area contributed by atoms with Gasteiger partial charge < -0.3 is 0 Å². The summed E-state index contributed by atoms with van der Waals surface area (Å²) in [5, 5.41) is 12.6. The summed E-state index contributed by atoms with van der Waals surface area (Å²) >= 11 is 0.995. The fraction of sp³-hybridized carbons (Fsp3) is 0.250. The molecule has 0 saturated carbocycles. The highest BCUT2D eigenvalue weighted by molar-refractivity contribution is 7.12. The first-order valence-corrected chi connectivity index (χ1v) is 7.70. The number of hydrogen-bond donors (Lipinski definition) is 0. The Morgan fingerprint density at radius 3 is 2.39 bits per heavy atom. The molecule has 7 heteroatoms. The molecule has 0 spiro atoms. The van der Waals surface area contributed by atoms with Crippen LogP contribution in [0.1, 0.15) is 28.1 Å². The average Bonchev–Trinajstić information content (AvgIpc) is 3.06. The van der Waals surface area contributed by atoms with Crippen molar-refractivity contribution in [2.24, 2.45) is 0 Å². The number of nitrogens with zero attached hydrogens (tertiary/aromatic N) is 1. The van der Waals surface area contributed by atoms with E-state index in [1.54, 1.807) is 29.6 Å². The van der Waals surface area contributed by atoms with E-state index in [9.17, 15) is 19.7 Å². The van der Waals surface area contributed by atoms with Crippen molar-refractivity contribution < 1.29 is 18.9 Å². The first-order valence-electron chi connectivity index (χ1n) is 6.82. The SMILES string of the molecule is CC(=O)[C@](F)(C(=O)c1cccs1)[C@H](C[N+](=O)[O-])c1ccccc1. The monoisotopic (exact) mass is 335 g/mol. The third kappa shape index (κ3) is 3.34. The van der Waals surface area contributed by atoms with Crippen molar-refractivity contribution in [2.45, 2.75) is 18.5 Å². The van der Waals surface area contributed by atoms with Crippen LogP contribution >= 0.6 is 11.3 Å². The molecule has 0 N–H and O–H groups in total. The second-order valence-corrected chi connectivity index (χ2v) is 6.00. The highest BCUT2D eigenvalue weighted by atomic mass is 32.1. The molecule has 5 nitrogen and oxygen atoms in total. The molecule has 0 unspecified atom stereocenters. The molecular weight excluding hydrogens is 321 g/mol. The summed E-state index contributed by atoms with van der Waals surface area (Å²) in [6.45, 7) is 0.0958. The molecule has 0 amide bonds. The van der Waals surface area contributed by atoms with Gasteiger partial charge in [0.05, 0.1) is 10.8 Å². The maximum absolute atomic E-state index is 15.6. The van der Waals surface area contributed by atoms with Gasteiger partial charge >= 0.3 is 0 Å². The summed E-state index contributed by atoms with van der Waals surface area (Å²) in [5.41, 5.74) is -2.73. The second kappa shape index (κ2) is 6.78. The number of halogens is 1. The number of alkyl halides is 1. The maximum Gasteiger partial charge on any atom is 0.244 e. The Hall–Kier alpha value is -2.41. The molecule has 0 aliphatic rings. The normalized spacial score (nSPS) is 14.7. The quantitative estimate of drug-likeness (QED) is 0.337. The number of ketones is 2. The third-order valence-corrected chi connectivity index (χ3v) is 4.47. The minimum absolute atomic E-state index is 0.0620. The molecule has 2 atom stereocenters. The van der Waals surface area contributed by atoms with Crippen molar-refractivity contribution in [3.8, 4) is 0 Å². The van der Waals surface area contributed by atoms with Crippen LogP contribution in [0.2, 0.25) is 0 Å². The predicted molar refractivity (Wildman–Crippen MR) is 84.2 cm³/mol. The standard InChI is InChI=1S/C16H14FNO4S/c1-11(19)16(17,15(20)14-8-5-9-23-14)13(10-18(21)22)12-6-3-2-4-7-12/h2-9,13H,10H2,1H3/t13-,16-/m1/s1. The van der Waals surface area contributed by atoms with Gasteiger partial charge in [0, 0.05) is 4.92 Å².